The van der Waals surface area contributed by atoms with Crippen LogP contribution in [0, 0.1) is 6.92 Å². The lowest BCUT2D eigenvalue weighted by molar-refractivity contribution is -0.0749. The SMILES string of the molecule is COC(=O)c1cc(N2CC(C)OC(C)(C)C2)cc(C)c1N. The van der Waals surface area contributed by atoms with Gasteiger partial charge in [0.2, 0.25) is 0 Å². The number of rotatable bonds is 2. The number of hydrogen-bond donors (Lipinski definition) is 1. The zero-order chi connectivity index (χ0) is 15.8. The number of nitrogens with two attached hydrogens (primary N) is 1. The third kappa shape index (κ3) is 3.29. The predicted octanol–water partition coefficient (Wildman–Crippen LogP) is 2.37. The van der Waals surface area contributed by atoms with E-state index in [1.165, 1.54) is 7.11 Å². The highest BCUT2D eigenvalue weighted by Crippen LogP contribution is 2.30. The molecule has 1 aliphatic heterocycles. The second-order valence-corrected chi connectivity index (χ2v) is 6.28. The molecule has 1 aromatic carbocycles. The van der Waals surface area contributed by atoms with E-state index in [1.54, 1.807) is 0 Å². The minimum atomic E-state index is -0.405. The van der Waals surface area contributed by atoms with Crippen molar-refractivity contribution in [2.75, 3.05) is 30.8 Å². The van der Waals surface area contributed by atoms with E-state index in [0.29, 0.717) is 11.3 Å². The molecule has 0 saturated carbocycles. The standard InChI is InChI=1S/C16H24N2O3/c1-10-6-12(7-13(14(10)17)15(19)20-5)18-8-11(2)21-16(3,4)9-18/h6-7,11H,8-9,17H2,1-5H3. The van der Waals surface area contributed by atoms with Gasteiger partial charge in [-0.1, -0.05) is 0 Å². The summed E-state index contributed by atoms with van der Waals surface area (Å²) in [5.74, 6) is -0.405. The van der Waals surface area contributed by atoms with Gasteiger partial charge in [0.15, 0.2) is 0 Å². The molecule has 2 rings (SSSR count). The predicted molar refractivity (Wildman–Crippen MR) is 83.8 cm³/mol. The summed E-state index contributed by atoms with van der Waals surface area (Å²) in [4.78, 5) is 14.1. The number of aryl methyl sites for hydroxylation is 1. The third-order valence-corrected chi connectivity index (χ3v) is 3.71. The molecule has 1 saturated heterocycles. The van der Waals surface area contributed by atoms with Gasteiger partial charge in [0, 0.05) is 24.5 Å². The molecule has 0 radical (unpaired) electrons. The lowest BCUT2D eigenvalue weighted by Crippen LogP contribution is -2.52. The quantitative estimate of drug-likeness (QED) is 0.669. The second kappa shape index (κ2) is 5.56. The Hall–Kier alpha value is -1.75. The first-order chi connectivity index (χ1) is 9.73. The van der Waals surface area contributed by atoms with Gasteiger partial charge in [-0.3, -0.25) is 0 Å². The van der Waals surface area contributed by atoms with Crippen LogP contribution in [0.2, 0.25) is 0 Å². The van der Waals surface area contributed by atoms with Crippen molar-refractivity contribution < 1.29 is 14.3 Å². The second-order valence-electron chi connectivity index (χ2n) is 6.28. The van der Waals surface area contributed by atoms with Gasteiger partial charge < -0.3 is 20.1 Å². The van der Waals surface area contributed by atoms with E-state index in [9.17, 15) is 4.79 Å². The van der Waals surface area contributed by atoms with E-state index >= 15 is 0 Å². The van der Waals surface area contributed by atoms with Gasteiger partial charge >= 0.3 is 5.97 Å². The van der Waals surface area contributed by atoms with E-state index in [2.05, 4.69) is 25.7 Å². The van der Waals surface area contributed by atoms with Crippen LogP contribution in [0.3, 0.4) is 0 Å². The van der Waals surface area contributed by atoms with Crippen molar-refractivity contribution in [3.05, 3.63) is 23.3 Å². The molecule has 1 fully saturated rings. The molecule has 1 atom stereocenters. The number of anilines is 2. The Morgan fingerprint density at radius 2 is 2.14 bits per heavy atom. The maximum atomic E-state index is 11.9. The van der Waals surface area contributed by atoms with Crippen molar-refractivity contribution >= 4 is 17.3 Å². The van der Waals surface area contributed by atoms with Crippen molar-refractivity contribution in [3.8, 4) is 0 Å². The van der Waals surface area contributed by atoms with E-state index in [4.69, 9.17) is 15.2 Å². The van der Waals surface area contributed by atoms with Crippen LogP contribution in [-0.2, 0) is 9.47 Å². The highest BCUT2D eigenvalue weighted by molar-refractivity contribution is 5.97. The molecule has 1 aliphatic rings. The first-order valence-corrected chi connectivity index (χ1v) is 7.14. The molecule has 2 N–H and O–H groups in total. The van der Waals surface area contributed by atoms with Crippen molar-refractivity contribution in [3.63, 3.8) is 0 Å². The van der Waals surface area contributed by atoms with E-state index in [0.717, 1.165) is 24.3 Å². The average Bonchev–Trinajstić information content (AvgIpc) is 2.38. The minimum absolute atomic E-state index is 0.133. The lowest BCUT2D eigenvalue weighted by Gasteiger charge is -2.43. The van der Waals surface area contributed by atoms with Crippen LogP contribution >= 0.6 is 0 Å². The Morgan fingerprint density at radius 1 is 1.48 bits per heavy atom. The van der Waals surface area contributed by atoms with Gasteiger partial charge in [-0.05, 0) is 45.4 Å². The summed E-state index contributed by atoms with van der Waals surface area (Å²) < 4.78 is 10.7. The number of ether oxygens (including phenoxy) is 2. The zero-order valence-corrected chi connectivity index (χ0v) is 13.4. The Kier molecular flexibility index (Phi) is 4.14. The van der Waals surface area contributed by atoms with Crippen LogP contribution in [0.15, 0.2) is 12.1 Å². The van der Waals surface area contributed by atoms with Crippen molar-refractivity contribution in [2.24, 2.45) is 0 Å². The number of nitrogen functional groups attached to an aromatic ring is 1. The van der Waals surface area contributed by atoms with Crippen molar-refractivity contribution in [1.82, 2.24) is 0 Å². The first kappa shape index (κ1) is 15.6. The van der Waals surface area contributed by atoms with Gasteiger partial charge in [-0.25, -0.2) is 4.79 Å². The molecule has 0 amide bonds. The molecule has 5 nitrogen and oxygen atoms in total. The number of esters is 1. The summed E-state index contributed by atoms with van der Waals surface area (Å²) in [5.41, 5.74) is 8.53. The fourth-order valence-electron chi connectivity index (χ4n) is 2.89. The Labute approximate surface area is 126 Å². The number of benzene rings is 1. The summed E-state index contributed by atoms with van der Waals surface area (Å²) in [6.45, 7) is 9.65. The van der Waals surface area contributed by atoms with Crippen molar-refractivity contribution in [1.29, 1.82) is 0 Å². The van der Waals surface area contributed by atoms with Crippen LogP contribution in [-0.4, -0.2) is 37.9 Å². The molecule has 1 aromatic rings. The molecule has 0 bridgehead atoms. The Balaban J connectivity index is 2.40. The third-order valence-electron chi connectivity index (χ3n) is 3.71. The molecular formula is C16H24N2O3. The fraction of sp³-hybridized carbons (Fsp3) is 0.562. The largest absolute Gasteiger partial charge is 0.465 e. The summed E-state index contributed by atoms with van der Waals surface area (Å²) in [6.07, 6.45) is 0.133. The van der Waals surface area contributed by atoms with Gasteiger partial charge in [-0.15, -0.1) is 0 Å². The van der Waals surface area contributed by atoms with Gasteiger partial charge in [-0.2, -0.15) is 0 Å². The molecule has 5 heteroatoms. The highest BCUT2D eigenvalue weighted by atomic mass is 16.5. The molecule has 0 aromatic heterocycles. The zero-order valence-electron chi connectivity index (χ0n) is 13.4. The van der Waals surface area contributed by atoms with Crippen LogP contribution in [0.4, 0.5) is 11.4 Å². The van der Waals surface area contributed by atoms with Gasteiger partial charge in [0.1, 0.15) is 0 Å². The smallest absolute Gasteiger partial charge is 0.340 e. The van der Waals surface area contributed by atoms with E-state index < -0.39 is 5.97 Å². The molecular weight excluding hydrogens is 268 g/mol. The first-order valence-electron chi connectivity index (χ1n) is 7.14. The fourth-order valence-corrected chi connectivity index (χ4v) is 2.89. The summed E-state index contributed by atoms with van der Waals surface area (Å²) in [5, 5.41) is 0. The number of hydrogen-bond acceptors (Lipinski definition) is 5. The number of methoxy groups -OCH3 is 1. The Bertz CT molecular complexity index is 555. The van der Waals surface area contributed by atoms with Crippen molar-refractivity contribution in [2.45, 2.75) is 39.4 Å². The molecule has 0 spiro atoms. The summed E-state index contributed by atoms with van der Waals surface area (Å²) >= 11 is 0. The number of morpholine rings is 1. The van der Waals surface area contributed by atoms with Gasteiger partial charge in [0.05, 0.1) is 24.4 Å². The number of carbonyl (C=O) groups excluding carboxylic acids is 1. The maximum absolute atomic E-state index is 11.9. The van der Waals surface area contributed by atoms with Crippen LogP contribution in [0.25, 0.3) is 0 Å². The van der Waals surface area contributed by atoms with Gasteiger partial charge in [0.25, 0.3) is 0 Å². The maximum Gasteiger partial charge on any atom is 0.340 e. The molecule has 1 heterocycles. The van der Waals surface area contributed by atoms with E-state index in [-0.39, 0.29) is 11.7 Å². The minimum Gasteiger partial charge on any atom is -0.465 e. The van der Waals surface area contributed by atoms with E-state index in [1.807, 2.05) is 19.1 Å². The highest BCUT2D eigenvalue weighted by Gasteiger charge is 2.32. The molecule has 21 heavy (non-hydrogen) atoms. The molecule has 116 valence electrons. The van der Waals surface area contributed by atoms with Crippen LogP contribution in [0.5, 0.6) is 0 Å². The average molecular weight is 292 g/mol. The monoisotopic (exact) mass is 292 g/mol. The lowest BCUT2D eigenvalue weighted by atomic mass is 10.0. The van der Waals surface area contributed by atoms with Crippen LogP contribution < -0.4 is 10.6 Å². The number of nitrogens with zero attached hydrogens (tertiary/aromatic N) is 1. The normalized spacial score (nSPS) is 21.2. The Morgan fingerprint density at radius 3 is 2.71 bits per heavy atom. The number of carbonyl (C=O) groups is 1. The molecule has 1 unspecified atom stereocenters. The summed E-state index contributed by atoms with van der Waals surface area (Å²) in [7, 11) is 1.36. The molecule has 0 aliphatic carbocycles. The van der Waals surface area contributed by atoms with Crippen LogP contribution in [0.1, 0.15) is 36.7 Å². The summed E-state index contributed by atoms with van der Waals surface area (Å²) in [6, 6.07) is 3.82. The topological polar surface area (TPSA) is 64.8 Å².